The minimum atomic E-state index is -0.544. The van der Waals surface area contributed by atoms with Crippen molar-refractivity contribution in [3.05, 3.63) is 0 Å². The molecule has 7 heteroatoms. The first-order chi connectivity index (χ1) is 10.5. The van der Waals surface area contributed by atoms with Gasteiger partial charge in [0.05, 0.1) is 12.6 Å². The Morgan fingerprint density at radius 2 is 1.70 bits per heavy atom. The minimum Gasteiger partial charge on any atom is -0.444 e. The summed E-state index contributed by atoms with van der Waals surface area (Å²) in [5, 5.41) is 8.37. The van der Waals surface area contributed by atoms with E-state index in [4.69, 9.17) is 9.47 Å². The van der Waals surface area contributed by atoms with E-state index in [1.54, 1.807) is 27.9 Å². The van der Waals surface area contributed by atoms with Gasteiger partial charge < -0.3 is 25.4 Å². The lowest BCUT2D eigenvalue weighted by Gasteiger charge is -2.24. The van der Waals surface area contributed by atoms with Gasteiger partial charge in [-0.2, -0.15) is 0 Å². The second kappa shape index (κ2) is 10.3. The summed E-state index contributed by atoms with van der Waals surface area (Å²) in [4.78, 5) is 23.7. The van der Waals surface area contributed by atoms with Gasteiger partial charge in [0.2, 0.25) is 0 Å². The van der Waals surface area contributed by atoms with Crippen molar-refractivity contribution in [3.63, 3.8) is 0 Å². The summed E-state index contributed by atoms with van der Waals surface area (Å²) in [7, 11) is 1.59. The lowest BCUT2D eigenvalue weighted by molar-refractivity contribution is 0.0521. The number of carbonyl (C=O) groups is 2. The Hall–Kier alpha value is -1.50. The number of alkyl carbamates (subject to hydrolysis) is 1. The van der Waals surface area contributed by atoms with E-state index in [0.29, 0.717) is 19.1 Å². The van der Waals surface area contributed by atoms with Crippen LogP contribution in [0.15, 0.2) is 0 Å². The van der Waals surface area contributed by atoms with Crippen molar-refractivity contribution in [1.82, 2.24) is 16.0 Å². The molecule has 3 N–H and O–H groups in total. The standard InChI is InChI=1S/C16H33N3O4/c1-11(2)8-13(9-17-15(21)23-16(4,5)6)19-14(20)18-12(3)10-22-7/h11-13H,8-10H2,1-7H3,(H,17,21)(H2,18,19,20)/t12-,13-/m1/s1. The first-order valence-electron chi connectivity index (χ1n) is 8.06. The van der Waals surface area contributed by atoms with Gasteiger partial charge in [0.15, 0.2) is 0 Å². The number of hydrogen-bond acceptors (Lipinski definition) is 4. The van der Waals surface area contributed by atoms with Crippen LogP contribution in [0.2, 0.25) is 0 Å². The molecule has 0 radical (unpaired) electrons. The van der Waals surface area contributed by atoms with Crippen molar-refractivity contribution in [2.75, 3.05) is 20.3 Å². The highest BCUT2D eigenvalue weighted by Crippen LogP contribution is 2.07. The second-order valence-electron chi connectivity index (χ2n) is 7.18. The molecule has 136 valence electrons. The summed E-state index contributed by atoms with van der Waals surface area (Å²) in [6, 6.07) is -0.526. The number of rotatable bonds is 8. The molecule has 0 heterocycles. The van der Waals surface area contributed by atoms with E-state index in [2.05, 4.69) is 29.8 Å². The highest BCUT2D eigenvalue weighted by Gasteiger charge is 2.19. The van der Waals surface area contributed by atoms with Crippen LogP contribution in [-0.4, -0.2) is 50.1 Å². The number of methoxy groups -OCH3 is 1. The molecule has 0 saturated heterocycles. The quantitative estimate of drug-likeness (QED) is 0.636. The average Bonchev–Trinajstić information content (AvgIpc) is 2.33. The van der Waals surface area contributed by atoms with Crippen LogP contribution in [0, 0.1) is 5.92 Å². The molecule has 0 unspecified atom stereocenters. The zero-order valence-corrected chi connectivity index (χ0v) is 15.5. The topological polar surface area (TPSA) is 88.7 Å². The Morgan fingerprint density at radius 1 is 1.09 bits per heavy atom. The lowest BCUT2D eigenvalue weighted by atomic mass is 10.0. The van der Waals surface area contributed by atoms with Gasteiger partial charge in [0, 0.05) is 19.7 Å². The van der Waals surface area contributed by atoms with Crippen molar-refractivity contribution >= 4 is 12.1 Å². The molecule has 0 rings (SSSR count). The fraction of sp³-hybridized carbons (Fsp3) is 0.875. The highest BCUT2D eigenvalue weighted by atomic mass is 16.6. The summed E-state index contributed by atoms with van der Waals surface area (Å²) in [5.41, 5.74) is -0.544. The molecule has 2 atom stereocenters. The molecule has 0 bridgehead atoms. The van der Waals surface area contributed by atoms with Gasteiger partial charge in [-0.15, -0.1) is 0 Å². The molecule has 0 fully saturated rings. The van der Waals surface area contributed by atoms with Crippen LogP contribution in [0.3, 0.4) is 0 Å². The largest absolute Gasteiger partial charge is 0.444 e. The van der Waals surface area contributed by atoms with Crippen molar-refractivity contribution < 1.29 is 19.1 Å². The van der Waals surface area contributed by atoms with E-state index in [-0.39, 0.29) is 18.1 Å². The number of carbonyl (C=O) groups excluding carboxylic acids is 2. The van der Waals surface area contributed by atoms with Gasteiger partial charge in [-0.3, -0.25) is 0 Å². The zero-order valence-electron chi connectivity index (χ0n) is 15.5. The first-order valence-corrected chi connectivity index (χ1v) is 8.06. The van der Waals surface area contributed by atoms with Gasteiger partial charge in [0.1, 0.15) is 5.60 Å². The van der Waals surface area contributed by atoms with Gasteiger partial charge in [-0.25, -0.2) is 9.59 Å². The van der Waals surface area contributed by atoms with E-state index in [0.717, 1.165) is 6.42 Å². The fourth-order valence-corrected chi connectivity index (χ4v) is 2.03. The molecule has 0 aliphatic heterocycles. The third kappa shape index (κ3) is 12.7. The summed E-state index contributed by atoms with van der Waals surface area (Å²) >= 11 is 0. The first kappa shape index (κ1) is 21.5. The molecule has 3 amide bonds. The van der Waals surface area contributed by atoms with Crippen molar-refractivity contribution in [3.8, 4) is 0 Å². The van der Waals surface area contributed by atoms with E-state index in [1.165, 1.54) is 0 Å². The Labute approximate surface area is 139 Å². The van der Waals surface area contributed by atoms with E-state index in [1.807, 2.05) is 6.92 Å². The van der Waals surface area contributed by atoms with E-state index in [9.17, 15) is 9.59 Å². The number of ether oxygens (including phenoxy) is 2. The van der Waals surface area contributed by atoms with E-state index >= 15 is 0 Å². The Morgan fingerprint density at radius 3 is 2.17 bits per heavy atom. The van der Waals surface area contributed by atoms with Crippen LogP contribution in [0.1, 0.15) is 48.0 Å². The van der Waals surface area contributed by atoms with Crippen LogP contribution in [-0.2, 0) is 9.47 Å². The maximum Gasteiger partial charge on any atom is 0.407 e. The minimum absolute atomic E-state index is 0.0847. The predicted octanol–water partition coefficient (Wildman–Crippen LogP) is 2.26. The third-order valence-corrected chi connectivity index (χ3v) is 2.78. The Kier molecular flexibility index (Phi) is 9.64. The summed E-state index contributed by atoms with van der Waals surface area (Å²) in [6.07, 6.45) is 0.267. The van der Waals surface area contributed by atoms with Gasteiger partial charge >= 0.3 is 12.1 Å². The molecule has 0 aliphatic carbocycles. The normalized spacial score (nSPS) is 14.1. The van der Waals surface area contributed by atoms with Crippen LogP contribution in [0.4, 0.5) is 9.59 Å². The lowest BCUT2D eigenvalue weighted by Crippen LogP contribution is -2.51. The van der Waals surface area contributed by atoms with Crippen LogP contribution in [0.25, 0.3) is 0 Å². The van der Waals surface area contributed by atoms with Crippen molar-refractivity contribution in [2.45, 2.75) is 65.6 Å². The van der Waals surface area contributed by atoms with Crippen molar-refractivity contribution in [2.24, 2.45) is 5.92 Å². The second-order valence-corrected chi connectivity index (χ2v) is 7.18. The fourth-order valence-electron chi connectivity index (χ4n) is 2.03. The van der Waals surface area contributed by atoms with Gasteiger partial charge in [-0.1, -0.05) is 13.8 Å². The van der Waals surface area contributed by atoms with Crippen molar-refractivity contribution in [1.29, 1.82) is 0 Å². The third-order valence-electron chi connectivity index (χ3n) is 2.78. The maximum absolute atomic E-state index is 12.0. The smallest absolute Gasteiger partial charge is 0.407 e. The molecule has 0 aliphatic rings. The van der Waals surface area contributed by atoms with Crippen LogP contribution >= 0.6 is 0 Å². The molecule has 0 aromatic carbocycles. The number of amides is 3. The molecule has 0 aromatic heterocycles. The molecule has 0 aromatic rings. The van der Waals surface area contributed by atoms with Crippen LogP contribution in [0.5, 0.6) is 0 Å². The van der Waals surface area contributed by atoms with Crippen LogP contribution < -0.4 is 16.0 Å². The summed E-state index contributed by atoms with van der Waals surface area (Å²) in [5.74, 6) is 0.386. The molecular weight excluding hydrogens is 298 g/mol. The molecular formula is C16H33N3O4. The monoisotopic (exact) mass is 331 g/mol. The molecule has 0 saturated carbocycles. The summed E-state index contributed by atoms with van der Waals surface area (Å²) < 4.78 is 10.2. The van der Waals surface area contributed by atoms with Gasteiger partial charge in [0.25, 0.3) is 0 Å². The number of hydrogen-bond donors (Lipinski definition) is 3. The Bertz CT molecular complexity index is 367. The molecule has 7 nitrogen and oxygen atoms in total. The maximum atomic E-state index is 12.0. The molecule has 23 heavy (non-hydrogen) atoms. The molecule has 0 spiro atoms. The summed E-state index contributed by atoms with van der Waals surface area (Å²) in [6.45, 7) is 12.2. The number of urea groups is 1. The zero-order chi connectivity index (χ0) is 18.0. The Balaban J connectivity index is 4.41. The number of nitrogens with one attached hydrogen (secondary N) is 3. The predicted molar refractivity (Wildman–Crippen MR) is 90.5 cm³/mol. The highest BCUT2D eigenvalue weighted by molar-refractivity contribution is 5.74. The average molecular weight is 331 g/mol. The van der Waals surface area contributed by atoms with E-state index < -0.39 is 11.7 Å². The van der Waals surface area contributed by atoms with Gasteiger partial charge in [-0.05, 0) is 40.0 Å². The SMILES string of the molecule is COC[C@@H](C)NC(=O)N[C@@H](CNC(=O)OC(C)(C)C)CC(C)C.